The van der Waals surface area contributed by atoms with Gasteiger partial charge in [-0.25, -0.2) is 8.78 Å². The topological polar surface area (TPSA) is 67.4 Å². The van der Waals surface area contributed by atoms with Crippen molar-refractivity contribution < 1.29 is 23.1 Å². The highest BCUT2D eigenvalue weighted by Crippen LogP contribution is 2.18. The summed E-state index contributed by atoms with van der Waals surface area (Å²) >= 11 is 3.11. The summed E-state index contributed by atoms with van der Waals surface area (Å²) in [4.78, 5) is 23.8. The molecular formula is C16H13BrF2N2O3. The number of carbonyl (C=O) groups excluding carboxylic acids is 2. The summed E-state index contributed by atoms with van der Waals surface area (Å²) in [6.07, 6.45) is -1.06. The first-order valence-corrected chi connectivity index (χ1v) is 7.64. The van der Waals surface area contributed by atoms with Gasteiger partial charge in [0.1, 0.15) is 5.82 Å². The highest BCUT2D eigenvalue weighted by Gasteiger charge is 2.18. The van der Waals surface area contributed by atoms with Crippen LogP contribution in [0, 0.1) is 11.6 Å². The van der Waals surface area contributed by atoms with E-state index in [1.54, 1.807) is 6.07 Å². The van der Waals surface area contributed by atoms with Crippen LogP contribution in [0.2, 0.25) is 0 Å². The van der Waals surface area contributed by atoms with Crippen molar-refractivity contribution in [3.63, 3.8) is 0 Å². The summed E-state index contributed by atoms with van der Waals surface area (Å²) < 4.78 is 32.2. The first-order chi connectivity index (χ1) is 11.4. The van der Waals surface area contributed by atoms with Gasteiger partial charge in [0.2, 0.25) is 0 Å². The lowest BCUT2D eigenvalue weighted by atomic mass is 10.2. The monoisotopic (exact) mass is 398 g/mol. The lowest BCUT2D eigenvalue weighted by molar-refractivity contribution is -0.128. The zero-order valence-corrected chi connectivity index (χ0v) is 14.1. The fourth-order valence-electron chi connectivity index (χ4n) is 1.74. The first-order valence-electron chi connectivity index (χ1n) is 6.85. The van der Waals surface area contributed by atoms with E-state index in [9.17, 15) is 18.4 Å². The summed E-state index contributed by atoms with van der Waals surface area (Å²) in [6.45, 7) is 1.39. The van der Waals surface area contributed by atoms with Gasteiger partial charge in [0, 0.05) is 4.47 Å². The Morgan fingerprint density at radius 2 is 1.83 bits per heavy atom. The Morgan fingerprint density at radius 1 is 1.12 bits per heavy atom. The lowest BCUT2D eigenvalue weighted by Crippen LogP contribution is -2.47. The SMILES string of the molecule is C[C@@H](Oc1ccccc1F)C(=O)NNC(=O)c1cc(F)ccc1Br. The second-order valence-corrected chi connectivity index (χ2v) is 5.61. The number of carbonyl (C=O) groups is 2. The molecule has 0 aliphatic rings. The van der Waals surface area contributed by atoms with Crippen LogP contribution in [0.5, 0.6) is 5.75 Å². The van der Waals surface area contributed by atoms with Crippen molar-refractivity contribution in [2.75, 3.05) is 0 Å². The van der Waals surface area contributed by atoms with Gasteiger partial charge in [-0.1, -0.05) is 12.1 Å². The zero-order valence-electron chi connectivity index (χ0n) is 12.5. The van der Waals surface area contributed by atoms with Crippen molar-refractivity contribution in [2.24, 2.45) is 0 Å². The third kappa shape index (κ3) is 4.51. The number of para-hydroxylation sites is 1. The normalized spacial score (nSPS) is 11.5. The lowest BCUT2D eigenvalue weighted by Gasteiger charge is -2.15. The van der Waals surface area contributed by atoms with E-state index in [4.69, 9.17) is 4.74 Å². The van der Waals surface area contributed by atoms with E-state index < -0.39 is 29.6 Å². The molecule has 1 atom stereocenters. The number of hydrogen-bond donors (Lipinski definition) is 2. The van der Waals surface area contributed by atoms with Crippen molar-refractivity contribution in [1.29, 1.82) is 0 Å². The summed E-state index contributed by atoms with van der Waals surface area (Å²) in [5, 5.41) is 0. The van der Waals surface area contributed by atoms with E-state index >= 15 is 0 Å². The average molecular weight is 399 g/mol. The van der Waals surface area contributed by atoms with Crippen LogP contribution in [0.1, 0.15) is 17.3 Å². The molecule has 0 aliphatic heterocycles. The molecule has 0 unspecified atom stereocenters. The molecule has 0 spiro atoms. The molecule has 8 heteroatoms. The Balaban J connectivity index is 1.93. The van der Waals surface area contributed by atoms with Crippen molar-refractivity contribution in [2.45, 2.75) is 13.0 Å². The van der Waals surface area contributed by atoms with Crippen LogP contribution in [-0.4, -0.2) is 17.9 Å². The predicted octanol–water partition coefficient (Wildman–Crippen LogP) is 2.96. The Kier molecular flexibility index (Phi) is 5.86. The highest BCUT2D eigenvalue weighted by atomic mass is 79.9. The van der Waals surface area contributed by atoms with E-state index in [1.165, 1.54) is 37.3 Å². The van der Waals surface area contributed by atoms with E-state index in [1.807, 2.05) is 0 Å². The number of nitrogens with one attached hydrogen (secondary N) is 2. The van der Waals surface area contributed by atoms with Crippen molar-refractivity contribution in [3.05, 3.63) is 64.1 Å². The first kappa shape index (κ1) is 17.9. The fourth-order valence-corrected chi connectivity index (χ4v) is 2.17. The quantitative estimate of drug-likeness (QED) is 0.778. The van der Waals surface area contributed by atoms with Crippen LogP contribution >= 0.6 is 15.9 Å². The molecular weight excluding hydrogens is 386 g/mol. The molecule has 0 heterocycles. The van der Waals surface area contributed by atoms with Gasteiger partial charge in [-0.3, -0.25) is 20.4 Å². The van der Waals surface area contributed by atoms with Gasteiger partial charge >= 0.3 is 0 Å². The van der Waals surface area contributed by atoms with Gasteiger partial charge in [-0.05, 0) is 53.2 Å². The number of hydrazine groups is 1. The van der Waals surface area contributed by atoms with E-state index in [0.29, 0.717) is 4.47 Å². The number of hydrogen-bond acceptors (Lipinski definition) is 3. The number of ether oxygens (including phenoxy) is 1. The van der Waals surface area contributed by atoms with Crippen LogP contribution < -0.4 is 15.6 Å². The van der Waals surface area contributed by atoms with Gasteiger partial charge in [-0.2, -0.15) is 0 Å². The Hall–Kier alpha value is -2.48. The van der Waals surface area contributed by atoms with Gasteiger partial charge in [0.25, 0.3) is 11.8 Å². The molecule has 0 aliphatic carbocycles. The largest absolute Gasteiger partial charge is 0.478 e. The number of halogens is 3. The van der Waals surface area contributed by atoms with Crippen LogP contribution in [0.4, 0.5) is 8.78 Å². The Bertz CT molecular complexity index is 771. The van der Waals surface area contributed by atoms with Gasteiger partial charge in [-0.15, -0.1) is 0 Å². The minimum absolute atomic E-state index is 0.0120. The fraction of sp³-hybridized carbons (Fsp3) is 0.125. The second kappa shape index (κ2) is 7.87. The minimum atomic E-state index is -1.06. The third-order valence-corrected chi connectivity index (χ3v) is 3.67. The molecule has 0 saturated heterocycles. The molecule has 2 N–H and O–H groups in total. The van der Waals surface area contributed by atoms with E-state index in [0.717, 1.165) is 6.07 Å². The predicted molar refractivity (Wildman–Crippen MR) is 86.2 cm³/mol. The van der Waals surface area contributed by atoms with Crippen LogP contribution in [-0.2, 0) is 4.79 Å². The molecule has 5 nitrogen and oxygen atoms in total. The third-order valence-electron chi connectivity index (χ3n) is 2.98. The van der Waals surface area contributed by atoms with Crippen molar-refractivity contribution >= 4 is 27.7 Å². The molecule has 0 fully saturated rings. The minimum Gasteiger partial charge on any atom is -0.478 e. The maximum Gasteiger partial charge on any atom is 0.279 e. The molecule has 2 amide bonds. The molecule has 0 saturated carbocycles. The van der Waals surface area contributed by atoms with Crippen molar-refractivity contribution in [1.82, 2.24) is 10.9 Å². The molecule has 126 valence electrons. The number of amides is 2. The maximum absolute atomic E-state index is 13.5. The second-order valence-electron chi connectivity index (χ2n) is 4.76. The Morgan fingerprint density at radius 3 is 2.54 bits per heavy atom. The maximum atomic E-state index is 13.5. The summed E-state index contributed by atoms with van der Waals surface area (Å²) in [5.74, 6) is -2.69. The number of benzene rings is 2. The average Bonchev–Trinajstić information content (AvgIpc) is 2.56. The smallest absolute Gasteiger partial charge is 0.279 e. The molecule has 0 aromatic heterocycles. The van der Waals surface area contributed by atoms with Crippen LogP contribution in [0.25, 0.3) is 0 Å². The summed E-state index contributed by atoms with van der Waals surface area (Å²) in [6, 6.07) is 9.20. The van der Waals surface area contributed by atoms with E-state index in [-0.39, 0.29) is 11.3 Å². The van der Waals surface area contributed by atoms with Gasteiger partial charge < -0.3 is 4.74 Å². The zero-order chi connectivity index (χ0) is 17.7. The molecule has 2 rings (SSSR count). The standard InChI is InChI=1S/C16H13BrF2N2O3/c1-9(24-14-5-3-2-4-13(14)19)15(22)20-21-16(23)11-8-10(18)6-7-12(11)17/h2-9H,1H3,(H,20,22)(H,21,23)/t9-/m1/s1. The molecule has 0 bridgehead atoms. The summed E-state index contributed by atoms with van der Waals surface area (Å²) in [5.41, 5.74) is 4.29. The molecule has 24 heavy (non-hydrogen) atoms. The van der Waals surface area contributed by atoms with Crippen molar-refractivity contribution in [3.8, 4) is 5.75 Å². The molecule has 0 radical (unpaired) electrons. The van der Waals surface area contributed by atoms with E-state index in [2.05, 4.69) is 26.8 Å². The van der Waals surface area contributed by atoms with Gasteiger partial charge in [0.15, 0.2) is 17.7 Å². The molecule has 2 aromatic rings. The van der Waals surface area contributed by atoms with Gasteiger partial charge in [0.05, 0.1) is 5.56 Å². The molecule has 2 aromatic carbocycles. The van der Waals surface area contributed by atoms with Crippen LogP contribution in [0.3, 0.4) is 0 Å². The van der Waals surface area contributed by atoms with Crippen LogP contribution in [0.15, 0.2) is 46.9 Å². The Labute approximate surface area is 145 Å². The number of rotatable bonds is 4. The summed E-state index contributed by atoms with van der Waals surface area (Å²) in [7, 11) is 0. The highest BCUT2D eigenvalue weighted by molar-refractivity contribution is 9.10.